The van der Waals surface area contributed by atoms with E-state index in [-0.39, 0.29) is 11.7 Å². The molecule has 0 radical (unpaired) electrons. The van der Waals surface area contributed by atoms with E-state index in [0.717, 1.165) is 24.0 Å². The number of rotatable bonds is 4. The van der Waals surface area contributed by atoms with Gasteiger partial charge in [-0.25, -0.2) is 0 Å². The molecule has 96 valence electrons. The molecule has 1 N–H and O–H groups in total. The van der Waals surface area contributed by atoms with E-state index >= 15 is 0 Å². The number of fused-ring (bicyclic) bond motifs is 1. The number of nitrogens with one attached hydrogen (secondary N) is 1. The molecule has 0 heterocycles. The van der Waals surface area contributed by atoms with E-state index in [1.807, 2.05) is 12.1 Å². The molecule has 1 aliphatic carbocycles. The molecule has 0 fully saturated rings. The molecule has 1 aromatic carbocycles. The molecule has 0 unspecified atom stereocenters. The van der Waals surface area contributed by atoms with Crippen LogP contribution in [0.15, 0.2) is 18.2 Å². The molecule has 4 heteroatoms. The van der Waals surface area contributed by atoms with Crippen molar-refractivity contribution in [2.75, 3.05) is 13.7 Å². The number of hydrogen-bond acceptors (Lipinski definition) is 3. The summed E-state index contributed by atoms with van der Waals surface area (Å²) in [5, 5.41) is 2.54. The maximum Gasteiger partial charge on any atom is 0.223 e. The molecule has 0 aliphatic heterocycles. The second-order valence-corrected chi connectivity index (χ2v) is 4.37. The Morgan fingerprint density at radius 1 is 1.39 bits per heavy atom. The SMILES string of the molecule is CNC(=O)CCOc1ccc2c(c1)C(=O)CCC2. The van der Waals surface area contributed by atoms with Crippen LogP contribution in [0, 0.1) is 0 Å². The van der Waals surface area contributed by atoms with E-state index < -0.39 is 0 Å². The third-order valence-electron chi connectivity index (χ3n) is 3.11. The fourth-order valence-corrected chi connectivity index (χ4v) is 2.08. The molecule has 18 heavy (non-hydrogen) atoms. The first-order valence-electron chi connectivity index (χ1n) is 6.20. The monoisotopic (exact) mass is 247 g/mol. The lowest BCUT2D eigenvalue weighted by Crippen LogP contribution is -2.20. The lowest BCUT2D eigenvalue weighted by Gasteiger charge is -2.15. The highest BCUT2D eigenvalue weighted by Gasteiger charge is 2.17. The molecule has 0 spiro atoms. The normalized spacial score (nSPS) is 13.9. The number of carbonyl (C=O) groups excluding carboxylic acids is 2. The average Bonchev–Trinajstić information content (AvgIpc) is 2.39. The van der Waals surface area contributed by atoms with Crippen LogP contribution >= 0.6 is 0 Å². The molecule has 0 saturated carbocycles. The fourth-order valence-electron chi connectivity index (χ4n) is 2.08. The number of hydrogen-bond donors (Lipinski definition) is 1. The van der Waals surface area contributed by atoms with E-state index in [9.17, 15) is 9.59 Å². The summed E-state index contributed by atoms with van der Waals surface area (Å²) in [6.07, 6.45) is 2.83. The third kappa shape index (κ3) is 2.88. The minimum Gasteiger partial charge on any atom is -0.493 e. The molecule has 1 amide bonds. The number of amides is 1. The highest BCUT2D eigenvalue weighted by atomic mass is 16.5. The molecule has 0 saturated heterocycles. The van der Waals surface area contributed by atoms with Crippen molar-refractivity contribution in [3.63, 3.8) is 0 Å². The Morgan fingerprint density at radius 2 is 2.22 bits per heavy atom. The zero-order valence-electron chi connectivity index (χ0n) is 10.5. The standard InChI is InChI=1S/C14H17NO3/c1-15-14(17)7-8-18-11-6-5-10-3-2-4-13(16)12(10)9-11/h5-6,9H,2-4,7-8H2,1H3,(H,15,17). The summed E-state index contributed by atoms with van der Waals surface area (Å²) in [6, 6.07) is 5.60. The molecule has 0 bridgehead atoms. The molecule has 2 rings (SSSR count). The molecule has 1 aromatic rings. The summed E-state index contributed by atoms with van der Waals surface area (Å²) in [6.45, 7) is 0.326. The van der Waals surface area contributed by atoms with Gasteiger partial charge >= 0.3 is 0 Å². The first-order valence-corrected chi connectivity index (χ1v) is 6.20. The maximum absolute atomic E-state index is 11.7. The second-order valence-electron chi connectivity index (χ2n) is 4.37. The highest BCUT2D eigenvalue weighted by Crippen LogP contribution is 2.25. The van der Waals surface area contributed by atoms with Crippen molar-refractivity contribution >= 4 is 11.7 Å². The molecule has 0 atom stereocenters. The number of aryl methyl sites for hydroxylation is 1. The van der Waals surface area contributed by atoms with Gasteiger partial charge < -0.3 is 10.1 Å². The maximum atomic E-state index is 11.7. The zero-order chi connectivity index (χ0) is 13.0. The van der Waals surface area contributed by atoms with Gasteiger partial charge in [-0.05, 0) is 30.5 Å². The third-order valence-corrected chi connectivity index (χ3v) is 3.11. The second kappa shape index (κ2) is 5.67. The topological polar surface area (TPSA) is 55.4 Å². The van der Waals surface area contributed by atoms with Crippen LogP contribution in [0.2, 0.25) is 0 Å². The van der Waals surface area contributed by atoms with Crippen LogP contribution in [-0.4, -0.2) is 25.3 Å². The van der Waals surface area contributed by atoms with Gasteiger partial charge in [0.2, 0.25) is 5.91 Å². The van der Waals surface area contributed by atoms with E-state index in [0.29, 0.717) is 25.2 Å². The van der Waals surface area contributed by atoms with Crippen molar-refractivity contribution in [2.45, 2.75) is 25.7 Å². The first kappa shape index (κ1) is 12.6. The minimum atomic E-state index is -0.0518. The van der Waals surface area contributed by atoms with Crippen molar-refractivity contribution in [2.24, 2.45) is 0 Å². The van der Waals surface area contributed by atoms with Gasteiger partial charge in [-0.2, -0.15) is 0 Å². The van der Waals surface area contributed by atoms with Crippen molar-refractivity contribution < 1.29 is 14.3 Å². The van der Waals surface area contributed by atoms with Crippen LogP contribution in [-0.2, 0) is 11.2 Å². The summed E-state index contributed by atoms with van der Waals surface area (Å²) in [5.74, 6) is 0.796. The Bertz CT molecular complexity index is 468. The highest BCUT2D eigenvalue weighted by molar-refractivity contribution is 5.98. The van der Waals surface area contributed by atoms with Gasteiger partial charge in [0.25, 0.3) is 0 Å². The zero-order valence-corrected chi connectivity index (χ0v) is 10.5. The van der Waals surface area contributed by atoms with Crippen LogP contribution in [0.4, 0.5) is 0 Å². The van der Waals surface area contributed by atoms with E-state index in [4.69, 9.17) is 4.74 Å². The molecule has 1 aliphatic rings. The van der Waals surface area contributed by atoms with Crippen molar-refractivity contribution in [3.05, 3.63) is 29.3 Å². The molecular formula is C14H17NO3. The predicted molar refractivity (Wildman–Crippen MR) is 67.9 cm³/mol. The van der Waals surface area contributed by atoms with Gasteiger partial charge in [-0.3, -0.25) is 9.59 Å². The van der Waals surface area contributed by atoms with Gasteiger partial charge in [0, 0.05) is 19.0 Å². The van der Waals surface area contributed by atoms with Gasteiger partial charge in [-0.15, -0.1) is 0 Å². The van der Waals surface area contributed by atoms with Crippen LogP contribution in [0.25, 0.3) is 0 Å². The van der Waals surface area contributed by atoms with Crippen LogP contribution in [0.5, 0.6) is 5.75 Å². The Hall–Kier alpha value is -1.84. The summed E-state index contributed by atoms with van der Waals surface area (Å²) in [4.78, 5) is 22.8. The number of benzene rings is 1. The van der Waals surface area contributed by atoms with Crippen LogP contribution in [0.3, 0.4) is 0 Å². The van der Waals surface area contributed by atoms with Crippen LogP contribution in [0.1, 0.15) is 35.2 Å². The Balaban J connectivity index is 2.00. The van der Waals surface area contributed by atoms with E-state index in [1.165, 1.54) is 0 Å². The molecule has 0 aromatic heterocycles. The van der Waals surface area contributed by atoms with Gasteiger partial charge in [0.15, 0.2) is 5.78 Å². The summed E-state index contributed by atoms with van der Waals surface area (Å²) >= 11 is 0. The Morgan fingerprint density at radius 3 is 3.00 bits per heavy atom. The van der Waals surface area contributed by atoms with Gasteiger partial charge in [0.05, 0.1) is 13.0 Å². The van der Waals surface area contributed by atoms with Gasteiger partial charge in [-0.1, -0.05) is 6.07 Å². The fraction of sp³-hybridized carbons (Fsp3) is 0.429. The number of carbonyl (C=O) groups is 2. The first-order chi connectivity index (χ1) is 8.70. The number of ether oxygens (including phenoxy) is 1. The minimum absolute atomic E-state index is 0.0518. The lowest BCUT2D eigenvalue weighted by molar-refractivity contribution is -0.121. The summed E-state index contributed by atoms with van der Waals surface area (Å²) in [7, 11) is 1.60. The Labute approximate surface area is 106 Å². The van der Waals surface area contributed by atoms with Crippen molar-refractivity contribution in [1.82, 2.24) is 5.32 Å². The largest absolute Gasteiger partial charge is 0.493 e. The quantitative estimate of drug-likeness (QED) is 0.881. The summed E-state index contributed by atoms with van der Waals surface area (Å²) < 4.78 is 5.48. The van der Waals surface area contributed by atoms with Gasteiger partial charge in [0.1, 0.15) is 5.75 Å². The Kier molecular flexibility index (Phi) is 3.97. The number of Topliss-reactive ketones (excluding diaryl/α,β-unsaturated/α-hetero) is 1. The predicted octanol–water partition coefficient (Wildman–Crippen LogP) is 1.72. The molecular weight excluding hydrogens is 230 g/mol. The lowest BCUT2D eigenvalue weighted by atomic mass is 9.90. The van der Waals surface area contributed by atoms with E-state index in [1.54, 1.807) is 13.1 Å². The number of ketones is 1. The van der Waals surface area contributed by atoms with E-state index in [2.05, 4.69) is 5.32 Å². The van der Waals surface area contributed by atoms with Crippen molar-refractivity contribution in [1.29, 1.82) is 0 Å². The summed E-state index contributed by atoms with van der Waals surface area (Å²) in [5.41, 5.74) is 1.88. The van der Waals surface area contributed by atoms with Crippen LogP contribution < -0.4 is 10.1 Å². The van der Waals surface area contributed by atoms with Crippen molar-refractivity contribution in [3.8, 4) is 5.75 Å². The smallest absolute Gasteiger partial charge is 0.223 e. The average molecular weight is 247 g/mol. The molecule has 4 nitrogen and oxygen atoms in total.